The Hall–Kier alpha value is -0.520. The molecule has 0 spiro atoms. The third-order valence-corrected chi connectivity index (χ3v) is 1.41. The summed E-state index contributed by atoms with van der Waals surface area (Å²) < 4.78 is 3.51. The van der Waals surface area contributed by atoms with Gasteiger partial charge in [0, 0.05) is 5.38 Å². The molecule has 1 aromatic heterocycles. The molecule has 1 rings (SSSR count). The first-order valence-electron chi connectivity index (χ1n) is 2.40. The van der Waals surface area contributed by atoms with Gasteiger partial charge >= 0.3 is 0 Å². The highest BCUT2D eigenvalue weighted by molar-refractivity contribution is 7.03. The number of hydrogen-bond acceptors (Lipinski definition) is 5. The lowest BCUT2D eigenvalue weighted by Crippen LogP contribution is -2.02. The molecule has 1 atom stereocenters. The van der Waals surface area contributed by atoms with Gasteiger partial charge in [0.15, 0.2) is 0 Å². The summed E-state index contributed by atoms with van der Waals surface area (Å²) in [5.74, 6) is 0. The molecule has 50 valence electrons. The summed E-state index contributed by atoms with van der Waals surface area (Å²) in [4.78, 5) is 0. The van der Waals surface area contributed by atoms with E-state index in [4.69, 9.17) is 10.2 Å². The number of rotatable bonds is 2. The largest absolute Gasteiger partial charge is 0.393 e. The third-order valence-electron chi connectivity index (χ3n) is 0.891. The molecule has 1 unspecified atom stereocenters. The lowest BCUT2D eigenvalue weighted by atomic mass is 10.3. The number of aromatic nitrogens is 2. The molecule has 0 bridgehead atoms. The van der Waals surface area contributed by atoms with Crippen molar-refractivity contribution in [2.75, 3.05) is 6.61 Å². The van der Waals surface area contributed by atoms with Gasteiger partial charge in [0.1, 0.15) is 11.8 Å². The van der Waals surface area contributed by atoms with Crippen LogP contribution in [0.25, 0.3) is 0 Å². The van der Waals surface area contributed by atoms with Crippen LogP contribution in [-0.4, -0.2) is 26.4 Å². The molecule has 1 heterocycles. The first-order chi connectivity index (χ1) is 4.34. The van der Waals surface area contributed by atoms with E-state index >= 15 is 0 Å². The molecule has 0 saturated heterocycles. The fourth-order valence-electron chi connectivity index (χ4n) is 0.411. The number of aliphatic hydroxyl groups is 2. The van der Waals surface area contributed by atoms with E-state index in [0.29, 0.717) is 5.69 Å². The fourth-order valence-corrected chi connectivity index (χ4v) is 0.911. The van der Waals surface area contributed by atoms with Gasteiger partial charge in [0.25, 0.3) is 0 Å². The van der Waals surface area contributed by atoms with E-state index in [1.165, 1.54) is 0 Å². The molecule has 0 aromatic carbocycles. The smallest absolute Gasteiger partial charge is 0.122 e. The molecule has 0 radical (unpaired) electrons. The molecular formula is C4H6N2O2S. The van der Waals surface area contributed by atoms with Gasteiger partial charge in [0.05, 0.1) is 6.61 Å². The SMILES string of the molecule is OCC(O)c1csnn1. The highest BCUT2D eigenvalue weighted by Gasteiger charge is 2.06. The number of hydrogen-bond donors (Lipinski definition) is 2. The summed E-state index contributed by atoms with van der Waals surface area (Å²) in [7, 11) is 0. The molecule has 2 N–H and O–H groups in total. The summed E-state index contributed by atoms with van der Waals surface area (Å²) in [6, 6.07) is 0. The standard InChI is InChI=1S/C4H6N2O2S/c7-1-4(8)3-2-9-6-5-3/h2,4,7-8H,1H2. The van der Waals surface area contributed by atoms with Crippen LogP contribution in [0.15, 0.2) is 5.38 Å². The van der Waals surface area contributed by atoms with Crippen LogP contribution in [0.1, 0.15) is 11.8 Å². The molecule has 0 fully saturated rings. The highest BCUT2D eigenvalue weighted by atomic mass is 32.1. The summed E-state index contributed by atoms with van der Waals surface area (Å²) >= 11 is 1.15. The van der Waals surface area contributed by atoms with Crippen molar-refractivity contribution in [3.05, 3.63) is 11.1 Å². The van der Waals surface area contributed by atoms with Gasteiger partial charge in [-0.05, 0) is 11.5 Å². The van der Waals surface area contributed by atoms with Crippen molar-refractivity contribution >= 4 is 11.5 Å². The van der Waals surface area contributed by atoms with Crippen LogP contribution in [0.4, 0.5) is 0 Å². The van der Waals surface area contributed by atoms with E-state index in [9.17, 15) is 0 Å². The van der Waals surface area contributed by atoms with E-state index in [0.717, 1.165) is 11.5 Å². The Morgan fingerprint density at radius 3 is 3.00 bits per heavy atom. The van der Waals surface area contributed by atoms with Crippen LogP contribution in [-0.2, 0) is 0 Å². The van der Waals surface area contributed by atoms with E-state index in [1.807, 2.05) is 0 Å². The number of aliphatic hydroxyl groups excluding tert-OH is 2. The van der Waals surface area contributed by atoms with E-state index < -0.39 is 6.10 Å². The predicted octanol–water partition coefficient (Wildman–Crippen LogP) is -0.436. The molecule has 9 heavy (non-hydrogen) atoms. The molecule has 0 aliphatic rings. The maximum Gasteiger partial charge on any atom is 0.122 e. The predicted molar refractivity (Wildman–Crippen MR) is 32.0 cm³/mol. The van der Waals surface area contributed by atoms with Gasteiger partial charge in [-0.25, -0.2) is 0 Å². The Labute approximate surface area is 55.9 Å². The van der Waals surface area contributed by atoms with Crippen molar-refractivity contribution in [3.63, 3.8) is 0 Å². The average molecular weight is 146 g/mol. The maximum atomic E-state index is 8.87. The minimum atomic E-state index is -0.872. The first-order valence-corrected chi connectivity index (χ1v) is 3.24. The molecule has 0 amide bonds. The van der Waals surface area contributed by atoms with Crippen LogP contribution >= 0.6 is 11.5 Å². The molecule has 0 aliphatic heterocycles. The van der Waals surface area contributed by atoms with Gasteiger partial charge in [-0.3, -0.25) is 0 Å². The molecule has 5 heteroatoms. The third kappa shape index (κ3) is 1.44. The van der Waals surface area contributed by atoms with Crippen LogP contribution in [0.3, 0.4) is 0 Å². The zero-order chi connectivity index (χ0) is 6.69. The van der Waals surface area contributed by atoms with Crippen molar-refractivity contribution in [3.8, 4) is 0 Å². The Morgan fingerprint density at radius 2 is 2.56 bits per heavy atom. The van der Waals surface area contributed by atoms with Crippen LogP contribution < -0.4 is 0 Å². The van der Waals surface area contributed by atoms with Gasteiger partial charge in [-0.2, -0.15) is 0 Å². The summed E-state index contributed by atoms with van der Waals surface area (Å²) in [5.41, 5.74) is 0.433. The van der Waals surface area contributed by atoms with Gasteiger partial charge in [-0.15, -0.1) is 5.10 Å². The molecule has 1 aromatic rings. The van der Waals surface area contributed by atoms with Gasteiger partial charge in [-0.1, -0.05) is 4.49 Å². The minimum Gasteiger partial charge on any atom is -0.393 e. The second-order valence-electron chi connectivity index (χ2n) is 1.53. The first kappa shape index (κ1) is 6.60. The second-order valence-corrected chi connectivity index (χ2v) is 2.14. The monoisotopic (exact) mass is 146 g/mol. The summed E-state index contributed by atoms with van der Waals surface area (Å²) in [6.07, 6.45) is -0.872. The number of nitrogens with zero attached hydrogens (tertiary/aromatic N) is 2. The van der Waals surface area contributed by atoms with Gasteiger partial charge in [0.2, 0.25) is 0 Å². The Bertz CT molecular complexity index is 165. The topological polar surface area (TPSA) is 66.2 Å². The quantitative estimate of drug-likeness (QED) is 0.593. The zero-order valence-electron chi connectivity index (χ0n) is 4.56. The lowest BCUT2D eigenvalue weighted by molar-refractivity contribution is 0.0922. The van der Waals surface area contributed by atoms with Gasteiger partial charge < -0.3 is 10.2 Å². The minimum absolute atomic E-state index is 0.300. The van der Waals surface area contributed by atoms with Crippen molar-refractivity contribution in [2.45, 2.75) is 6.10 Å². The van der Waals surface area contributed by atoms with Crippen LogP contribution in [0.2, 0.25) is 0 Å². The van der Waals surface area contributed by atoms with Crippen molar-refractivity contribution < 1.29 is 10.2 Å². The van der Waals surface area contributed by atoms with Crippen molar-refractivity contribution in [1.82, 2.24) is 9.59 Å². The fraction of sp³-hybridized carbons (Fsp3) is 0.500. The highest BCUT2D eigenvalue weighted by Crippen LogP contribution is 2.08. The molecule has 0 saturated carbocycles. The van der Waals surface area contributed by atoms with Crippen molar-refractivity contribution in [1.29, 1.82) is 0 Å². The van der Waals surface area contributed by atoms with E-state index in [-0.39, 0.29) is 6.61 Å². The summed E-state index contributed by atoms with van der Waals surface area (Å²) in [6.45, 7) is -0.300. The lowest BCUT2D eigenvalue weighted by Gasteiger charge is -1.98. The average Bonchev–Trinajstić information content (AvgIpc) is 2.37. The second kappa shape index (κ2) is 2.86. The van der Waals surface area contributed by atoms with Crippen LogP contribution in [0, 0.1) is 0 Å². The zero-order valence-corrected chi connectivity index (χ0v) is 5.38. The maximum absolute atomic E-state index is 8.87. The van der Waals surface area contributed by atoms with Crippen LogP contribution in [0.5, 0.6) is 0 Å². The Kier molecular flexibility index (Phi) is 2.10. The van der Waals surface area contributed by atoms with Crippen molar-refractivity contribution in [2.24, 2.45) is 0 Å². The Balaban J connectivity index is 2.65. The Morgan fingerprint density at radius 1 is 1.78 bits per heavy atom. The molecule has 0 aliphatic carbocycles. The normalized spacial score (nSPS) is 13.6. The summed E-state index contributed by atoms with van der Waals surface area (Å²) in [5, 5.41) is 22.4. The van der Waals surface area contributed by atoms with E-state index in [1.54, 1.807) is 5.38 Å². The van der Waals surface area contributed by atoms with E-state index in [2.05, 4.69) is 9.59 Å². The molecule has 4 nitrogen and oxygen atoms in total. The molecular weight excluding hydrogens is 140 g/mol.